The van der Waals surface area contributed by atoms with Gasteiger partial charge in [0.15, 0.2) is 0 Å². The van der Waals surface area contributed by atoms with Crippen LogP contribution in [0.1, 0.15) is 10.4 Å². The molecule has 4 nitrogen and oxygen atoms in total. The number of aliphatic hydroxyl groups is 1. The number of carbonyl (C=O) groups is 1. The zero-order valence-electron chi connectivity index (χ0n) is 6.43. The molecular weight excluding hydrogens is 158 g/mol. The lowest BCUT2D eigenvalue weighted by atomic mass is 10.3. The van der Waals surface area contributed by atoms with Gasteiger partial charge >= 0.3 is 5.97 Å². The van der Waals surface area contributed by atoms with Gasteiger partial charge in [-0.1, -0.05) is 0 Å². The molecule has 0 atom stereocenters. The standard InChI is InChI=1S/C8H9NO3/c10-4-5-12-8(11)7-2-1-3-9-6-7/h1-3,6,10H,4-5H2. The van der Waals surface area contributed by atoms with Gasteiger partial charge in [0.1, 0.15) is 6.61 Å². The van der Waals surface area contributed by atoms with Crippen LogP contribution in [-0.2, 0) is 4.74 Å². The molecule has 0 aliphatic heterocycles. The van der Waals surface area contributed by atoms with E-state index < -0.39 is 5.97 Å². The number of aromatic nitrogens is 1. The Balaban J connectivity index is 2.54. The molecular formula is C8H9NO3. The Hall–Kier alpha value is -1.42. The summed E-state index contributed by atoms with van der Waals surface area (Å²) in [6, 6.07) is 3.25. The molecule has 0 amide bonds. The number of hydrogen-bond acceptors (Lipinski definition) is 4. The van der Waals surface area contributed by atoms with Crippen molar-refractivity contribution in [1.29, 1.82) is 0 Å². The lowest BCUT2D eigenvalue weighted by Crippen LogP contribution is -2.08. The summed E-state index contributed by atoms with van der Waals surface area (Å²) in [5.74, 6) is -0.461. The van der Waals surface area contributed by atoms with Gasteiger partial charge in [-0.15, -0.1) is 0 Å². The fourth-order valence-corrected chi connectivity index (χ4v) is 0.705. The first-order valence-corrected chi connectivity index (χ1v) is 3.52. The molecule has 1 rings (SSSR count). The second kappa shape index (κ2) is 4.46. The summed E-state index contributed by atoms with van der Waals surface area (Å²) in [6.07, 6.45) is 2.99. The fraction of sp³-hybridized carbons (Fsp3) is 0.250. The Morgan fingerprint density at radius 3 is 3.08 bits per heavy atom. The summed E-state index contributed by atoms with van der Waals surface area (Å²) in [5.41, 5.74) is 0.394. The number of rotatable bonds is 3. The zero-order valence-corrected chi connectivity index (χ0v) is 6.43. The largest absolute Gasteiger partial charge is 0.460 e. The van der Waals surface area contributed by atoms with Crippen molar-refractivity contribution in [1.82, 2.24) is 4.98 Å². The van der Waals surface area contributed by atoms with Gasteiger partial charge in [-0.25, -0.2) is 4.79 Å². The average molecular weight is 167 g/mol. The molecule has 1 heterocycles. The quantitative estimate of drug-likeness (QED) is 0.655. The first kappa shape index (κ1) is 8.67. The second-order valence-corrected chi connectivity index (χ2v) is 2.10. The molecule has 0 spiro atoms. The first-order valence-electron chi connectivity index (χ1n) is 3.52. The van der Waals surface area contributed by atoms with Gasteiger partial charge in [0, 0.05) is 12.4 Å². The van der Waals surface area contributed by atoms with Crippen molar-refractivity contribution in [2.24, 2.45) is 0 Å². The van der Waals surface area contributed by atoms with Crippen LogP contribution in [0.3, 0.4) is 0 Å². The van der Waals surface area contributed by atoms with Crippen LogP contribution in [0.25, 0.3) is 0 Å². The van der Waals surface area contributed by atoms with Crippen LogP contribution in [0.4, 0.5) is 0 Å². The van der Waals surface area contributed by atoms with E-state index in [0.717, 1.165) is 0 Å². The topological polar surface area (TPSA) is 59.4 Å². The fourth-order valence-electron chi connectivity index (χ4n) is 0.705. The number of carbonyl (C=O) groups excluding carboxylic acids is 1. The van der Waals surface area contributed by atoms with Crippen molar-refractivity contribution in [3.05, 3.63) is 30.1 Å². The van der Waals surface area contributed by atoms with Gasteiger partial charge < -0.3 is 9.84 Å². The lowest BCUT2D eigenvalue weighted by Gasteiger charge is -2.00. The van der Waals surface area contributed by atoms with Crippen molar-refractivity contribution < 1.29 is 14.6 Å². The Morgan fingerprint density at radius 2 is 2.50 bits per heavy atom. The average Bonchev–Trinajstić information content (AvgIpc) is 2.15. The number of aliphatic hydroxyl groups excluding tert-OH is 1. The van der Waals surface area contributed by atoms with E-state index in [1.165, 1.54) is 6.20 Å². The molecule has 12 heavy (non-hydrogen) atoms. The molecule has 0 fully saturated rings. The highest BCUT2D eigenvalue weighted by atomic mass is 16.5. The minimum absolute atomic E-state index is 0.0216. The van der Waals surface area contributed by atoms with Crippen LogP contribution in [-0.4, -0.2) is 29.3 Å². The molecule has 4 heteroatoms. The van der Waals surface area contributed by atoms with Gasteiger partial charge in [-0.2, -0.15) is 0 Å². The third-order valence-electron chi connectivity index (χ3n) is 1.22. The molecule has 0 radical (unpaired) electrons. The Labute approximate surface area is 69.8 Å². The predicted octanol–water partition coefficient (Wildman–Crippen LogP) is 0.231. The molecule has 0 unspecified atom stereocenters. The summed E-state index contributed by atoms with van der Waals surface area (Å²) in [6.45, 7) is -0.139. The van der Waals surface area contributed by atoms with Crippen LogP contribution >= 0.6 is 0 Å². The van der Waals surface area contributed by atoms with E-state index in [1.54, 1.807) is 18.3 Å². The first-order chi connectivity index (χ1) is 5.84. The zero-order chi connectivity index (χ0) is 8.81. The van der Waals surface area contributed by atoms with E-state index in [0.29, 0.717) is 5.56 Å². The number of esters is 1. The number of hydrogen-bond donors (Lipinski definition) is 1. The molecule has 0 aliphatic carbocycles. The van der Waals surface area contributed by atoms with E-state index in [1.807, 2.05) is 0 Å². The van der Waals surface area contributed by atoms with Crippen LogP contribution in [0.2, 0.25) is 0 Å². The highest BCUT2D eigenvalue weighted by molar-refractivity contribution is 5.88. The van der Waals surface area contributed by atoms with Gasteiger partial charge in [0.25, 0.3) is 0 Å². The third kappa shape index (κ3) is 2.32. The monoisotopic (exact) mass is 167 g/mol. The molecule has 0 saturated heterocycles. The SMILES string of the molecule is O=C(OCCO)c1cccnc1. The summed E-state index contributed by atoms with van der Waals surface area (Å²) in [7, 11) is 0. The van der Waals surface area contributed by atoms with Gasteiger partial charge in [-0.05, 0) is 12.1 Å². The molecule has 0 aliphatic rings. The van der Waals surface area contributed by atoms with Crippen molar-refractivity contribution in [3.63, 3.8) is 0 Å². The van der Waals surface area contributed by atoms with E-state index in [9.17, 15) is 4.79 Å². The maximum atomic E-state index is 11.0. The minimum Gasteiger partial charge on any atom is -0.460 e. The highest BCUT2D eigenvalue weighted by Crippen LogP contribution is 1.97. The minimum atomic E-state index is -0.461. The van der Waals surface area contributed by atoms with Crippen molar-refractivity contribution in [2.45, 2.75) is 0 Å². The Bertz CT molecular complexity index is 248. The van der Waals surface area contributed by atoms with Gasteiger partial charge in [-0.3, -0.25) is 4.98 Å². The lowest BCUT2D eigenvalue weighted by molar-refractivity contribution is 0.0433. The molecule has 0 aromatic carbocycles. The Kier molecular flexibility index (Phi) is 3.22. The molecule has 64 valence electrons. The molecule has 0 bridgehead atoms. The predicted molar refractivity (Wildman–Crippen MR) is 41.6 cm³/mol. The number of pyridine rings is 1. The summed E-state index contributed by atoms with van der Waals surface area (Å²) >= 11 is 0. The van der Waals surface area contributed by atoms with Crippen LogP contribution < -0.4 is 0 Å². The highest BCUT2D eigenvalue weighted by Gasteiger charge is 2.04. The Morgan fingerprint density at radius 1 is 1.67 bits per heavy atom. The van der Waals surface area contributed by atoms with Crippen LogP contribution in [0.5, 0.6) is 0 Å². The molecule has 0 saturated carbocycles. The molecule has 1 aromatic heterocycles. The van der Waals surface area contributed by atoms with E-state index in [2.05, 4.69) is 9.72 Å². The second-order valence-electron chi connectivity index (χ2n) is 2.10. The van der Waals surface area contributed by atoms with E-state index in [-0.39, 0.29) is 13.2 Å². The van der Waals surface area contributed by atoms with Gasteiger partial charge in [0.05, 0.1) is 12.2 Å². The van der Waals surface area contributed by atoms with E-state index >= 15 is 0 Å². The van der Waals surface area contributed by atoms with Crippen molar-refractivity contribution in [3.8, 4) is 0 Å². The molecule has 1 N–H and O–H groups in total. The summed E-state index contributed by atoms with van der Waals surface area (Å²) < 4.78 is 4.65. The summed E-state index contributed by atoms with van der Waals surface area (Å²) in [4.78, 5) is 14.8. The number of ether oxygens (including phenoxy) is 1. The third-order valence-corrected chi connectivity index (χ3v) is 1.22. The maximum Gasteiger partial charge on any atom is 0.339 e. The van der Waals surface area contributed by atoms with E-state index in [4.69, 9.17) is 5.11 Å². The normalized spacial score (nSPS) is 9.42. The van der Waals surface area contributed by atoms with Crippen molar-refractivity contribution >= 4 is 5.97 Å². The van der Waals surface area contributed by atoms with Gasteiger partial charge in [0.2, 0.25) is 0 Å². The van der Waals surface area contributed by atoms with Crippen molar-refractivity contribution in [2.75, 3.05) is 13.2 Å². The van der Waals surface area contributed by atoms with Crippen LogP contribution in [0, 0.1) is 0 Å². The smallest absolute Gasteiger partial charge is 0.339 e. The summed E-state index contributed by atoms with van der Waals surface area (Å²) in [5, 5.41) is 8.37. The van der Waals surface area contributed by atoms with Crippen LogP contribution in [0.15, 0.2) is 24.5 Å². The molecule has 1 aromatic rings. The number of nitrogens with zero attached hydrogens (tertiary/aromatic N) is 1. The maximum absolute atomic E-state index is 11.0.